The van der Waals surface area contributed by atoms with Gasteiger partial charge in [-0.15, -0.1) is 0 Å². The zero-order valence-electron chi connectivity index (χ0n) is 15.9. The van der Waals surface area contributed by atoms with Crippen molar-refractivity contribution in [3.8, 4) is 0 Å². The van der Waals surface area contributed by atoms with Gasteiger partial charge in [0, 0.05) is 11.3 Å². The van der Waals surface area contributed by atoms with Gasteiger partial charge in [-0.3, -0.25) is 4.79 Å². The summed E-state index contributed by atoms with van der Waals surface area (Å²) < 4.78 is 84.8. The van der Waals surface area contributed by atoms with Gasteiger partial charge in [-0.1, -0.05) is 6.07 Å². The topological polar surface area (TPSA) is 84.5 Å². The predicted octanol–water partition coefficient (Wildman–Crippen LogP) is 3.47. The van der Waals surface area contributed by atoms with Gasteiger partial charge in [0.25, 0.3) is 5.91 Å². The van der Waals surface area contributed by atoms with Crippen molar-refractivity contribution >= 4 is 21.6 Å². The summed E-state index contributed by atoms with van der Waals surface area (Å²) in [5.74, 6) is -2.30. The summed E-state index contributed by atoms with van der Waals surface area (Å²) in [6.07, 6.45) is -4.93. The summed E-state index contributed by atoms with van der Waals surface area (Å²) in [6, 6.07) is 5.91. The second-order valence-corrected chi connectivity index (χ2v) is 8.96. The minimum atomic E-state index is -4.93. The van der Waals surface area contributed by atoms with Crippen molar-refractivity contribution in [1.29, 1.82) is 0 Å². The van der Waals surface area contributed by atoms with Crippen molar-refractivity contribution in [2.75, 3.05) is 18.5 Å². The molecule has 1 amide bonds. The highest BCUT2D eigenvalue weighted by atomic mass is 32.2. The molecule has 1 fully saturated rings. The third-order valence-corrected chi connectivity index (χ3v) is 6.15. The Morgan fingerprint density at radius 2 is 1.80 bits per heavy atom. The normalized spacial score (nSPS) is 16.1. The number of nitrogens with one attached hydrogen (secondary N) is 2. The summed E-state index contributed by atoms with van der Waals surface area (Å²) in [7, 11) is -3.96. The lowest BCUT2D eigenvalue weighted by Crippen LogP contribution is -2.59. The van der Waals surface area contributed by atoms with E-state index in [4.69, 9.17) is 4.74 Å². The van der Waals surface area contributed by atoms with Crippen LogP contribution in [0.1, 0.15) is 28.4 Å². The first-order chi connectivity index (χ1) is 13.8. The number of carbonyl (C=O) groups is 1. The molecule has 3 rings (SSSR count). The number of aryl methyl sites for hydroxylation is 1. The van der Waals surface area contributed by atoms with Crippen LogP contribution in [0.5, 0.6) is 0 Å². The van der Waals surface area contributed by atoms with E-state index in [0.717, 1.165) is 12.1 Å². The van der Waals surface area contributed by atoms with Gasteiger partial charge in [0.15, 0.2) is 0 Å². The Bertz CT molecular complexity index is 1100. The number of hydrogen-bond donors (Lipinski definition) is 2. The van der Waals surface area contributed by atoms with Crippen LogP contribution >= 0.6 is 0 Å². The fourth-order valence-electron chi connectivity index (χ4n) is 2.88. The Balaban J connectivity index is 1.87. The number of amides is 1. The SMILES string of the molecule is Cc1ccc(S(=O)(=O)NC2(C)COC2)cc1C(=O)Nc1ccc(F)c(C(F)(F)F)c1. The van der Waals surface area contributed by atoms with Crippen molar-refractivity contribution < 1.29 is 35.5 Å². The molecule has 2 aromatic rings. The molecule has 0 aromatic heterocycles. The molecule has 1 heterocycles. The number of ether oxygens (including phenoxy) is 1. The molecule has 0 radical (unpaired) electrons. The largest absolute Gasteiger partial charge is 0.419 e. The maximum atomic E-state index is 13.4. The van der Waals surface area contributed by atoms with Crippen molar-refractivity contribution in [3.63, 3.8) is 0 Å². The molecule has 2 N–H and O–H groups in total. The maximum absolute atomic E-state index is 13.4. The number of anilines is 1. The third-order valence-electron chi connectivity index (χ3n) is 4.52. The molecule has 30 heavy (non-hydrogen) atoms. The fourth-order valence-corrected chi connectivity index (χ4v) is 4.29. The molecule has 2 aromatic carbocycles. The first kappa shape index (κ1) is 22.2. The summed E-state index contributed by atoms with van der Waals surface area (Å²) >= 11 is 0. The zero-order valence-corrected chi connectivity index (χ0v) is 16.7. The molecule has 6 nitrogen and oxygen atoms in total. The summed E-state index contributed by atoms with van der Waals surface area (Å²) in [4.78, 5) is 12.4. The van der Waals surface area contributed by atoms with E-state index >= 15 is 0 Å². The lowest BCUT2D eigenvalue weighted by Gasteiger charge is -2.38. The van der Waals surface area contributed by atoms with Gasteiger partial charge in [-0.2, -0.15) is 13.2 Å². The van der Waals surface area contributed by atoms with Crippen LogP contribution in [0, 0.1) is 12.7 Å². The van der Waals surface area contributed by atoms with Gasteiger partial charge < -0.3 is 10.1 Å². The molecule has 0 atom stereocenters. The van der Waals surface area contributed by atoms with Crippen LogP contribution in [0.2, 0.25) is 0 Å². The van der Waals surface area contributed by atoms with Gasteiger partial charge in [0.1, 0.15) is 5.82 Å². The van der Waals surface area contributed by atoms with Crippen LogP contribution in [0.25, 0.3) is 0 Å². The minimum Gasteiger partial charge on any atom is -0.377 e. The number of rotatable bonds is 5. The predicted molar refractivity (Wildman–Crippen MR) is 100 cm³/mol. The smallest absolute Gasteiger partial charge is 0.377 e. The highest BCUT2D eigenvalue weighted by Gasteiger charge is 2.38. The minimum absolute atomic E-state index is 0.0502. The molecule has 1 aliphatic heterocycles. The van der Waals surface area contributed by atoms with E-state index in [-0.39, 0.29) is 29.4 Å². The van der Waals surface area contributed by atoms with Crippen LogP contribution in [-0.2, 0) is 20.9 Å². The van der Waals surface area contributed by atoms with E-state index in [1.807, 2.05) is 0 Å². The molecule has 1 aliphatic rings. The Kier molecular flexibility index (Phi) is 5.65. The van der Waals surface area contributed by atoms with Crippen LogP contribution in [-0.4, -0.2) is 33.1 Å². The second-order valence-electron chi connectivity index (χ2n) is 7.28. The fraction of sp³-hybridized carbons (Fsp3) is 0.316. The van der Waals surface area contributed by atoms with Gasteiger partial charge in [0.2, 0.25) is 10.0 Å². The molecule has 1 saturated heterocycles. The van der Waals surface area contributed by atoms with Crippen molar-refractivity contribution in [1.82, 2.24) is 4.72 Å². The lowest BCUT2D eigenvalue weighted by atomic mass is 10.0. The molecular weight excluding hydrogens is 428 g/mol. The van der Waals surface area contributed by atoms with E-state index in [9.17, 15) is 30.8 Å². The van der Waals surface area contributed by atoms with Crippen molar-refractivity contribution in [2.45, 2.75) is 30.5 Å². The van der Waals surface area contributed by atoms with Crippen LogP contribution in [0.4, 0.5) is 23.2 Å². The first-order valence-corrected chi connectivity index (χ1v) is 10.2. The van der Waals surface area contributed by atoms with Gasteiger partial charge in [-0.05, 0) is 49.7 Å². The van der Waals surface area contributed by atoms with Crippen LogP contribution < -0.4 is 10.0 Å². The molecule has 0 spiro atoms. The van der Waals surface area contributed by atoms with Crippen LogP contribution in [0.3, 0.4) is 0 Å². The monoisotopic (exact) mass is 446 g/mol. The standard InChI is InChI=1S/C19H18F4N2O4S/c1-11-3-5-13(30(27,28)25-18(2)9-29-10-18)8-14(11)17(26)24-12-4-6-16(20)15(7-12)19(21,22)23/h3-8,25H,9-10H2,1-2H3,(H,24,26). The van der Waals surface area contributed by atoms with Gasteiger partial charge in [0.05, 0.1) is 29.2 Å². The van der Waals surface area contributed by atoms with E-state index in [2.05, 4.69) is 10.0 Å². The van der Waals surface area contributed by atoms with Gasteiger partial charge in [-0.25, -0.2) is 17.5 Å². The molecule has 0 bridgehead atoms. The number of halogens is 4. The Morgan fingerprint density at radius 3 is 2.37 bits per heavy atom. The number of alkyl halides is 3. The van der Waals surface area contributed by atoms with E-state index < -0.39 is 39.0 Å². The highest BCUT2D eigenvalue weighted by Crippen LogP contribution is 2.33. The summed E-state index contributed by atoms with van der Waals surface area (Å²) in [5, 5.41) is 2.25. The summed E-state index contributed by atoms with van der Waals surface area (Å²) in [6.45, 7) is 3.63. The van der Waals surface area contributed by atoms with E-state index in [0.29, 0.717) is 17.7 Å². The molecule has 0 saturated carbocycles. The molecule has 11 heteroatoms. The zero-order chi connectivity index (χ0) is 22.3. The van der Waals surface area contributed by atoms with Gasteiger partial charge >= 0.3 is 6.18 Å². The maximum Gasteiger partial charge on any atom is 0.419 e. The molecule has 0 unspecified atom stereocenters. The number of carbonyl (C=O) groups excluding carboxylic acids is 1. The lowest BCUT2D eigenvalue weighted by molar-refractivity contribution is -0.139. The average molecular weight is 446 g/mol. The Hall–Kier alpha value is -2.50. The number of benzene rings is 2. The quantitative estimate of drug-likeness (QED) is 0.689. The Labute approximate surface area is 170 Å². The molecule has 162 valence electrons. The number of sulfonamides is 1. The second kappa shape index (κ2) is 7.64. The average Bonchev–Trinajstić information content (AvgIpc) is 2.60. The Morgan fingerprint density at radius 1 is 1.13 bits per heavy atom. The molecule has 0 aliphatic carbocycles. The molecular formula is C19H18F4N2O4S. The number of hydrogen-bond acceptors (Lipinski definition) is 4. The van der Waals surface area contributed by atoms with Crippen molar-refractivity contribution in [3.05, 3.63) is 58.9 Å². The van der Waals surface area contributed by atoms with E-state index in [1.165, 1.54) is 12.1 Å². The van der Waals surface area contributed by atoms with Crippen LogP contribution in [0.15, 0.2) is 41.3 Å². The first-order valence-electron chi connectivity index (χ1n) is 8.71. The van der Waals surface area contributed by atoms with E-state index in [1.54, 1.807) is 13.8 Å². The van der Waals surface area contributed by atoms with Crippen molar-refractivity contribution in [2.24, 2.45) is 0 Å². The highest BCUT2D eigenvalue weighted by molar-refractivity contribution is 7.89. The third kappa shape index (κ3) is 4.63. The summed E-state index contributed by atoms with van der Waals surface area (Å²) in [5.41, 5.74) is -2.20.